The van der Waals surface area contributed by atoms with Gasteiger partial charge in [-0.15, -0.1) is 0 Å². The van der Waals surface area contributed by atoms with E-state index in [0.29, 0.717) is 12.8 Å². The normalized spacial score (nSPS) is 16.1. The van der Waals surface area contributed by atoms with Crippen LogP contribution in [0.2, 0.25) is 0 Å². The second-order valence-corrected chi connectivity index (χ2v) is 5.47. The van der Waals surface area contributed by atoms with Crippen molar-refractivity contribution in [2.24, 2.45) is 10.8 Å². The van der Waals surface area contributed by atoms with Crippen LogP contribution in [-0.2, 0) is 4.79 Å². The van der Waals surface area contributed by atoms with Crippen LogP contribution in [0.3, 0.4) is 0 Å². The molecule has 1 atom stereocenters. The van der Waals surface area contributed by atoms with Crippen molar-refractivity contribution in [1.29, 1.82) is 0 Å². The van der Waals surface area contributed by atoms with Gasteiger partial charge in [-0.2, -0.15) is 0 Å². The van der Waals surface area contributed by atoms with Gasteiger partial charge in [0, 0.05) is 6.61 Å². The number of hydrogen-bond acceptors (Lipinski definition) is 2. The van der Waals surface area contributed by atoms with Crippen LogP contribution in [0.25, 0.3) is 0 Å². The molecule has 90 valence electrons. The average molecular weight is 216 g/mol. The molecule has 1 unspecified atom stereocenters. The Morgan fingerprint density at radius 3 is 2.13 bits per heavy atom. The van der Waals surface area contributed by atoms with E-state index in [9.17, 15) is 15.0 Å². The van der Waals surface area contributed by atoms with Crippen molar-refractivity contribution in [3.05, 3.63) is 0 Å². The van der Waals surface area contributed by atoms with E-state index < -0.39 is 11.4 Å². The summed E-state index contributed by atoms with van der Waals surface area (Å²) < 4.78 is 0. The van der Waals surface area contributed by atoms with Gasteiger partial charge in [0.15, 0.2) is 0 Å². The number of carboxylic acid groups (broad SMARTS) is 1. The van der Waals surface area contributed by atoms with E-state index in [-0.39, 0.29) is 12.0 Å². The van der Waals surface area contributed by atoms with Gasteiger partial charge in [0.05, 0.1) is 5.41 Å². The number of rotatable bonds is 7. The average Bonchev–Trinajstić information content (AvgIpc) is 2.14. The molecule has 0 spiro atoms. The fourth-order valence-corrected chi connectivity index (χ4v) is 1.95. The van der Waals surface area contributed by atoms with E-state index >= 15 is 0 Å². The van der Waals surface area contributed by atoms with Crippen LogP contribution in [0, 0.1) is 10.8 Å². The standard InChI is InChI=1S/C12H24O3/c1-5-6-7-12(4,10(14)15)8-11(2,3)9-13/h13H,5-9H2,1-4H3,(H,14,15). The van der Waals surface area contributed by atoms with Gasteiger partial charge in [-0.05, 0) is 25.2 Å². The summed E-state index contributed by atoms with van der Waals surface area (Å²) in [4.78, 5) is 11.2. The fraction of sp³-hybridized carbons (Fsp3) is 0.917. The highest BCUT2D eigenvalue weighted by Gasteiger charge is 2.37. The summed E-state index contributed by atoms with van der Waals surface area (Å²) in [7, 11) is 0. The van der Waals surface area contributed by atoms with E-state index in [1.54, 1.807) is 6.92 Å². The highest BCUT2D eigenvalue weighted by Crippen LogP contribution is 2.37. The van der Waals surface area contributed by atoms with Crippen LogP contribution in [-0.4, -0.2) is 22.8 Å². The first-order valence-electron chi connectivity index (χ1n) is 5.62. The Kier molecular flexibility index (Phi) is 5.29. The Hall–Kier alpha value is -0.570. The molecule has 3 heteroatoms. The Balaban J connectivity index is 4.58. The van der Waals surface area contributed by atoms with Crippen LogP contribution in [0.1, 0.15) is 53.4 Å². The lowest BCUT2D eigenvalue weighted by Crippen LogP contribution is -2.34. The van der Waals surface area contributed by atoms with Crippen molar-refractivity contribution in [3.8, 4) is 0 Å². The quantitative estimate of drug-likeness (QED) is 0.688. The van der Waals surface area contributed by atoms with Crippen LogP contribution >= 0.6 is 0 Å². The second kappa shape index (κ2) is 5.50. The molecule has 0 aliphatic heterocycles. The molecule has 0 aromatic rings. The molecule has 0 rings (SSSR count). The molecule has 0 radical (unpaired) electrons. The largest absolute Gasteiger partial charge is 0.481 e. The van der Waals surface area contributed by atoms with Gasteiger partial charge in [0.25, 0.3) is 0 Å². The lowest BCUT2D eigenvalue weighted by molar-refractivity contribution is -0.150. The maximum Gasteiger partial charge on any atom is 0.309 e. The molecule has 0 aliphatic rings. The molecule has 0 fully saturated rings. The third-order valence-corrected chi connectivity index (χ3v) is 2.90. The zero-order valence-electron chi connectivity index (χ0n) is 10.3. The van der Waals surface area contributed by atoms with Gasteiger partial charge in [-0.1, -0.05) is 33.6 Å². The van der Waals surface area contributed by atoms with E-state index in [2.05, 4.69) is 6.92 Å². The predicted molar refractivity (Wildman–Crippen MR) is 60.8 cm³/mol. The van der Waals surface area contributed by atoms with Gasteiger partial charge in [-0.3, -0.25) is 4.79 Å². The number of aliphatic hydroxyl groups is 1. The molecule has 0 aromatic carbocycles. The van der Waals surface area contributed by atoms with Crippen molar-refractivity contribution < 1.29 is 15.0 Å². The van der Waals surface area contributed by atoms with Gasteiger partial charge in [0.1, 0.15) is 0 Å². The zero-order chi connectivity index (χ0) is 12.1. The van der Waals surface area contributed by atoms with Crippen molar-refractivity contribution >= 4 is 5.97 Å². The molecule has 0 aliphatic carbocycles. The second-order valence-electron chi connectivity index (χ2n) is 5.47. The highest BCUT2D eigenvalue weighted by atomic mass is 16.4. The molecule has 0 bridgehead atoms. The Morgan fingerprint density at radius 2 is 1.80 bits per heavy atom. The minimum atomic E-state index is -0.752. The lowest BCUT2D eigenvalue weighted by Gasteiger charge is -2.33. The zero-order valence-corrected chi connectivity index (χ0v) is 10.3. The molecule has 0 saturated carbocycles. The van der Waals surface area contributed by atoms with Gasteiger partial charge < -0.3 is 10.2 Å². The van der Waals surface area contributed by atoms with Crippen molar-refractivity contribution in [3.63, 3.8) is 0 Å². The molecule has 0 amide bonds. The summed E-state index contributed by atoms with van der Waals surface area (Å²) in [5.74, 6) is -0.752. The molecule has 2 N–H and O–H groups in total. The fourth-order valence-electron chi connectivity index (χ4n) is 1.95. The van der Waals surface area contributed by atoms with Crippen molar-refractivity contribution in [2.45, 2.75) is 53.4 Å². The molecule has 0 saturated heterocycles. The summed E-state index contributed by atoms with van der Waals surface area (Å²) >= 11 is 0. The Morgan fingerprint density at radius 1 is 1.27 bits per heavy atom. The summed E-state index contributed by atoms with van der Waals surface area (Å²) in [5.41, 5.74) is -1.02. The molecule has 3 nitrogen and oxygen atoms in total. The number of aliphatic carboxylic acids is 1. The van der Waals surface area contributed by atoms with Gasteiger partial charge in [0.2, 0.25) is 0 Å². The lowest BCUT2D eigenvalue weighted by atomic mass is 9.72. The highest BCUT2D eigenvalue weighted by molar-refractivity contribution is 5.74. The Labute approximate surface area is 92.5 Å². The summed E-state index contributed by atoms with van der Waals surface area (Å²) in [6.45, 7) is 7.67. The first kappa shape index (κ1) is 14.4. The number of unbranched alkanes of at least 4 members (excludes halogenated alkanes) is 1. The third-order valence-electron chi connectivity index (χ3n) is 2.90. The van der Waals surface area contributed by atoms with Crippen LogP contribution < -0.4 is 0 Å². The van der Waals surface area contributed by atoms with E-state index in [4.69, 9.17) is 0 Å². The SMILES string of the molecule is CCCCC(C)(CC(C)(C)CO)C(=O)O. The van der Waals surface area contributed by atoms with Crippen LogP contribution in [0.5, 0.6) is 0 Å². The number of carbonyl (C=O) groups is 1. The first-order valence-corrected chi connectivity index (χ1v) is 5.62. The predicted octanol–water partition coefficient (Wildman–Crippen LogP) is 2.68. The van der Waals surface area contributed by atoms with Crippen LogP contribution in [0.15, 0.2) is 0 Å². The summed E-state index contributed by atoms with van der Waals surface area (Å²) in [5, 5.41) is 18.4. The minimum absolute atomic E-state index is 0.0298. The molecule has 0 aromatic heterocycles. The van der Waals surface area contributed by atoms with Crippen molar-refractivity contribution in [1.82, 2.24) is 0 Å². The van der Waals surface area contributed by atoms with E-state index in [1.807, 2.05) is 13.8 Å². The summed E-state index contributed by atoms with van der Waals surface area (Å²) in [6, 6.07) is 0. The molecular weight excluding hydrogens is 192 g/mol. The number of carboxylic acids is 1. The van der Waals surface area contributed by atoms with Gasteiger partial charge in [-0.25, -0.2) is 0 Å². The minimum Gasteiger partial charge on any atom is -0.481 e. The smallest absolute Gasteiger partial charge is 0.309 e. The molecular formula is C12H24O3. The Bertz CT molecular complexity index is 211. The maximum absolute atomic E-state index is 11.2. The molecule has 0 heterocycles. The summed E-state index contributed by atoms with van der Waals surface area (Å²) in [6.07, 6.45) is 3.13. The number of aliphatic hydroxyl groups excluding tert-OH is 1. The topological polar surface area (TPSA) is 57.5 Å². The maximum atomic E-state index is 11.2. The number of hydrogen-bond donors (Lipinski definition) is 2. The van der Waals surface area contributed by atoms with E-state index in [0.717, 1.165) is 12.8 Å². The van der Waals surface area contributed by atoms with Crippen molar-refractivity contribution in [2.75, 3.05) is 6.61 Å². The van der Waals surface area contributed by atoms with Crippen LogP contribution in [0.4, 0.5) is 0 Å². The van der Waals surface area contributed by atoms with E-state index in [1.165, 1.54) is 0 Å². The first-order chi connectivity index (χ1) is 6.77. The molecule has 15 heavy (non-hydrogen) atoms. The monoisotopic (exact) mass is 216 g/mol. The van der Waals surface area contributed by atoms with Gasteiger partial charge >= 0.3 is 5.97 Å². The third kappa shape index (κ3) is 4.65.